The van der Waals surface area contributed by atoms with Crippen LogP contribution < -0.4 is 5.32 Å². The van der Waals surface area contributed by atoms with Crippen LogP contribution in [0, 0.1) is 0 Å². The maximum atomic E-state index is 13.1. The minimum absolute atomic E-state index is 0.00513. The summed E-state index contributed by atoms with van der Waals surface area (Å²) in [5, 5.41) is 6.30. The summed E-state index contributed by atoms with van der Waals surface area (Å²) < 4.78 is 97.0. The van der Waals surface area contributed by atoms with E-state index in [0.29, 0.717) is 30.1 Å². The van der Waals surface area contributed by atoms with Crippen molar-refractivity contribution in [1.82, 2.24) is 30.0 Å². The maximum Gasteiger partial charge on any atom is 0.416 e. The standard InChI is InChI=1S/C22H23F6N7O2S/c1-4-6-38(37,5-2)34-17-10-29-20(30-11-17)35-18(31-12-32-35)13(3)33-19(36)14-7-15(21(23,24)25)9-16(8-14)22(26,27)28/h7-13H,4-6H2,1-3H3,(H,33,36)/t13-,38?/m0/s1. The molecule has 0 radical (unpaired) electrons. The van der Waals surface area contributed by atoms with Gasteiger partial charge in [0, 0.05) is 17.1 Å². The summed E-state index contributed by atoms with van der Waals surface area (Å²) in [6, 6.07) is -0.420. The van der Waals surface area contributed by atoms with Gasteiger partial charge in [0.1, 0.15) is 12.0 Å². The monoisotopic (exact) mass is 563 g/mol. The van der Waals surface area contributed by atoms with Gasteiger partial charge in [0.2, 0.25) is 0 Å². The van der Waals surface area contributed by atoms with Crippen molar-refractivity contribution in [2.24, 2.45) is 4.36 Å². The Morgan fingerprint density at radius 2 is 1.61 bits per heavy atom. The van der Waals surface area contributed by atoms with Crippen molar-refractivity contribution < 1.29 is 35.3 Å². The fourth-order valence-electron chi connectivity index (χ4n) is 3.37. The second-order valence-electron chi connectivity index (χ2n) is 8.12. The van der Waals surface area contributed by atoms with E-state index in [9.17, 15) is 35.3 Å². The highest BCUT2D eigenvalue weighted by molar-refractivity contribution is 7.93. The van der Waals surface area contributed by atoms with Crippen LogP contribution in [0.1, 0.15) is 60.5 Å². The molecule has 0 aliphatic rings. The quantitative estimate of drug-likeness (QED) is 0.381. The number of carbonyl (C=O) groups excluding carboxylic acids is 1. The van der Waals surface area contributed by atoms with E-state index in [4.69, 9.17) is 0 Å². The summed E-state index contributed by atoms with van der Waals surface area (Å²) in [5.41, 5.74) is -3.78. The first-order valence-corrected chi connectivity index (χ1v) is 13.1. The summed E-state index contributed by atoms with van der Waals surface area (Å²) in [4.78, 5) is 24.9. The van der Waals surface area contributed by atoms with Crippen LogP contribution in [-0.2, 0) is 22.1 Å². The molecule has 3 rings (SSSR count). The number of hydrogen-bond acceptors (Lipinski definition) is 7. The van der Waals surface area contributed by atoms with E-state index < -0.39 is 50.7 Å². The number of alkyl halides is 6. The lowest BCUT2D eigenvalue weighted by atomic mass is 10.0. The van der Waals surface area contributed by atoms with E-state index in [0.717, 1.165) is 11.0 Å². The van der Waals surface area contributed by atoms with Gasteiger partial charge in [-0.15, -0.1) is 0 Å². The molecule has 1 unspecified atom stereocenters. The lowest BCUT2D eigenvalue weighted by Crippen LogP contribution is -2.29. The van der Waals surface area contributed by atoms with Crippen molar-refractivity contribution >= 4 is 21.3 Å². The molecule has 1 N–H and O–H groups in total. The van der Waals surface area contributed by atoms with E-state index in [1.54, 1.807) is 6.92 Å². The summed E-state index contributed by atoms with van der Waals surface area (Å²) in [6.07, 6.45) is -5.76. The van der Waals surface area contributed by atoms with Gasteiger partial charge < -0.3 is 5.32 Å². The molecule has 0 spiro atoms. The van der Waals surface area contributed by atoms with E-state index in [1.165, 1.54) is 19.3 Å². The van der Waals surface area contributed by atoms with Crippen LogP contribution in [0.2, 0.25) is 0 Å². The fourth-order valence-corrected chi connectivity index (χ4v) is 4.99. The Hall–Kier alpha value is -3.56. The molecule has 0 saturated heterocycles. The van der Waals surface area contributed by atoms with E-state index >= 15 is 0 Å². The Bertz CT molecular complexity index is 1380. The number of benzene rings is 1. The largest absolute Gasteiger partial charge is 0.416 e. The highest BCUT2D eigenvalue weighted by Gasteiger charge is 2.37. The van der Waals surface area contributed by atoms with Gasteiger partial charge in [-0.1, -0.05) is 13.8 Å². The lowest BCUT2D eigenvalue weighted by molar-refractivity contribution is -0.143. The first-order valence-electron chi connectivity index (χ1n) is 11.2. The molecule has 2 aromatic heterocycles. The molecule has 16 heteroatoms. The van der Waals surface area contributed by atoms with Crippen molar-refractivity contribution in [2.45, 2.75) is 45.6 Å². The van der Waals surface area contributed by atoms with Gasteiger partial charge >= 0.3 is 12.4 Å². The molecule has 206 valence electrons. The minimum atomic E-state index is -5.10. The van der Waals surface area contributed by atoms with Gasteiger partial charge in [0.25, 0.3) is 11.9 Å². The highest BCUT2D eigenvalue weighted by atomic mass is 32.2. The number of halogens is 6. The number of rotatable bonds is 8. The summed E-state index contributed by atoms with van der Waals surface area (Å²) in [7, 11) is -2.46. The number of aromatic nitrogens is 5. The molecule has 9 nitrogen and oxygen atoms in total. The maximum absolute atomic E-state index is 13.1. The van der Waals surface area contributed by atoms with Gasteiger partial charge in [0.05, 0.1) is 39.3 Å². The van der Waals surface area contributed by atoms with Crippen LogP contribution in [0.4, 0.5) is 32.0 Å². The highest BCUT2D eigenvalue weighted by Crippen LogP contribution is 2.36. The van der Waals surface area contributed by atoms with Crippen LogP contribution in [0.15, 0.2) is 41.3 Å². The lowest BCUT2D eigenvalue weighted by Gasteiger charge is -2.16. The summed E-state index contributed by atoms with van der Waals surface area (Å²) in [5.74, 6) is -0.386. The van der Waals surface area contributed by atoms with Gasteiger partial charge in [-0.05, 0) is 31.5 Å². The smallest absolute Gasteiger partial charge is 0.342 e. The van der Waals surface area contributed by atoms with Crippen LogP contribution in [-0.4, -0.2) is 46.4 Å². The SMILES string of the molecule is CCCS(=O)(CC)=Nc1cnc(-n2ncnc2[C@H](C)NC(=O)c2cc(C(F)(F)F)cc(C(F)(F)F)c2)nc1. The number of nitrogens with zero attached hydrogens (tertiary/aromatic N) is 6. The van der Waals surface area contributed by atoms with Crippen molar-refractivity contribution in [1.29, 1.82) is 0 Å². The third kappa shape index (κ3) is 6.85. The van der Waals surface area contributed by atoms with E-state index in [2.05, 4.69) is 29.7 Å². The zero-order valence-electron chi connectivity index (χ0n) is 20.3. The third-order valence-corrected chi connectivity index (χ3v) is 7.71. The topological polar surface area (TPSA) is 115 Å². The Kier molecular flexibility index (Phi) is 8.43. The molecule has 0 aliphatic carbocycles. The molecule has 0 fully saturated rings. The van der Waals surface area contributed by atoms with Crippen LogP contribution in [0.3, 0.4) is 0 Å². The number of nitrogens with one attached hydrogen (secondary N) is 1. The predicted molar refractivity (Wildman–Crippen MR) is 125 cm³/mol. The average Bonchev–Trinajstić information content (AvgIpc) is 3.33. The Morgan fingerprint density at radius 1 is 1.03 bits per heavy atom. The first-order chi connectivity index (χ1) is 17.7. The third-order valence-electron chi connectivity index (χ3n) is 5.22. The zero-order valence-corrected chi connectivity index (χ0v) is 21.2. The second-order valence-corrected chi connectivity index (χ2v) is 10.8. The van der Waals surface area contributed by atoms with Gasteiger partial charge in [0.15, 0.2) is 5.82 Å². The summed E-state index contributed by atoms with van der Waals surface area (Å²) in [6.45, 7) is 5.05. The molecule has 0 saturated carbocycles. The van der Waals surface area contributed by atoms with Crippen molar-refractivity contribution in [3.63, 3.8) is 0 Å². The van der Waals surface area contributed by atoms with Crippen molar-refractivity contribution in [3.8, 4) is 5.95 Å². The minimum Gasteiger partial charge on any atom is -0.342 e. The first kappa shape index (κ1) is 29.0. The van der Waals surface area contributed by atoms with E-state index in [1.807, 2.05) is 6.92 Å². The van der Waals surface area contributed by atoms with Crippen LogP contribution in [0.25, 0.3) is 5.95 Å². The number of carbonyl (C=O) groups is 1. The number of hydrogen-bond donors (Lipinski definition) is 1. The molecule has 38 heavy (non-hydrogen) atoms. The molecule has 0 bridgehead atoms. The molecule has 0 aliphatic heterocycles. The number of amides is 1. The molecule has 2 heterocycles. The average molecular weight is 564 g/mol. The molecular formula is C22H23F6N7O2S. The van der Waals surface area contributed by atoms with Crippen LogP contribution in [0.5, 0.6) is 0 Å². The van der Waals surface area contributed by atoms with Gasteiger partial charge in [-0.25, -0.2) is 19.2 Å². The molecular weight excluding hydrogens is 540 g/mol. The predicted octanol–water partition coefficient (Wildman–Crippen LogP) is 5.12. The van der Waals surface area contributed by atoms with Gasteiger partial charge in [-0.2, -0.15) is 40.5 Å². The Balaban J connectivity index is 1.87. The molecule has 3 aromatic rings. The summed E-state index contributed by atoms with van der Waals surface area (Å²) >= 11 is 0. The van der Waals surface area contributed by atoms with Gasteiger partial charge in [-0.3, -0.25) is 4.79 Å². The Morgan fingerprint density at radius 3 is 2.11 bits per heavy atom. The van der Waals surface area contributed by atoms with Crippen molar-refractivity contribution in [3.05, 3.63) is 59.4 Å². The fraction of sp³-hybridized carbons (Fsp3) is 0.409. The molecule has 1 aromatic carbocycles. The second kappa shape index (κ2) is 11.0. The normalized spacial score (nSPS) is 14.6. The van der Waals surface area contributed by atoms with E-state index in [-0.39, 0.29) is 23.5 Å². The zero-order chi connectivity index (χ0) is 28.3. The van der Waals surface area contributed by atoms with Crippen molar-refractivity contribution in [2.75, 3.05) is 11.5 Å². The molecule has 1 amide bonds. The van der Waals surface area contributed by atoms with Crippen LogP contribution >= 0.6 is 0 Å². The Labute approximate surface area is 213 Å². The molecule has 2 atom stereocenters.